The van der Waals surface area contributed by atoms with Crippen molar-refractivity contribution in [1.29, 1.82) is 0 Å². The van der Waals surface area contributed by atoms with E-state index in [9.17, 15) is 9.90 Å². The van der Waals surface area contributed by atoms with E-state index in [1.807, 2.05) is 77.8 Å². The number of aliphatic carboxylic acids is 1. The highest BCUT2D eigenvalue weighted by atomic mass is 16.5. The number of H-pyrrole nitrogens is 1. The number of anilines is 1. The third kappa shape index (κ3) is 4.54. The minimum Gasteiger partial charge on any atom is -0.489 e. The highest BCUT2D eigenvalue weighted by molar-refractivity contribution is 5.90. The van der Waals surface area contributed by atoms with Crippen LogP contribution in [0, 0.1) is 0 Å². The normalized spacial score (nSPS) is 15.5. The van der Waals surface area contributed by atoms with E-state index in [4.69, 9.17) is 4.74 Å². The van der Waals surface area contributed by atoms with Gasteiger partial charge in [0.05, 0.1) is 0 Å². The summed E-state index contributed by atoms with van der Waals surface area (Å²) in [7, 11) is 0. The van der Waals surface area contributed by atoms with E-state index < -0.39 is 12.0 Å². The van der Waals surface area contributed by atoms with Crippen molar-refractivity contribution in [2.24, 2.45) is 0 Å². The standard InChI is InChI=1S/C26H26N4O3/c31-26(32)25(30-14-12-29(13-15-30)24-8-4-5-11-27-24)22-17-28-23-10-9-20(16-21(22)23)33-18-19-6-2-1-3-7-19/h1-11,16-17,25,28H,12-15,18H2,(H,31,32)/t25-/m0/s1. The zero-order valence-corrected chi connectivity index (χ0v) is 18.2. The molecule has 7 nitrogen and oxygen atoms in total. The highest BCUT2D eigenvalue weighted by Gasteiger charge is 2.32. The molecule has 1 fully saturated rings. The number of aromatic amines is 1. The molecule has 2 N–H and O–H groups in total. The molecule has 2 aromatic carbocycles. The number of nitrogens with one attached hydrogen (secondary N) is 1. The number of carbonyl (C=O) groups is 1. The summed E-state index contributed by atoms with van der Waals surface area (Å²) in [5.74, 6) is 0.797. The first kappa shape index (κ1) is 21.0. The van der Waals surface area contributed by atoms with E-state index in [0.29, 0.717) is 19.7 Å². The smallest absolute Gasteiger partial charge is 0.325 e. The fourth-order valence-corrected chi connectivity index (χ4v) is 4.41. The highest BCUT2D eigenvalue weighted by Crippen LogP contribution is 2.32. The summed E-state index contributed by atoms with van der Waals surface area (Å²) in [5.41, 5.74) is 2.74. The number of pyridine rings is 1. The second-order valence-corrected chi connectivity index (χ2v) is 8.18. The lowest BCUT2D eigenvalue weighted by atomic mass is 10.0. The van der Waals surface area contributed by atoms with E-state index in [0.717, 1.165) is 46.7 Å². The molecule has 0 radical (unpaired) electrons. The predicted molar refractivity (Wildman–Crippen MR) is 127 cm³/mol. The molecule has 4 aromatic rings. The first-order valence-electron chi connectivity index (χ1n) is 11.1. The maximum Gasteiger partial charge on any atom is 0.325 e. The van der Waals surface area contributed by atoms with Gasteiger partial charge < -0.3 is 19.7 Å². The lowest BCUT2D eigenvalue weighted by molar-refractivity contribution is -0.143. The Bertz CT molecular complexity index is 1220. The van der Waals surface area contributed by atoms with Crippen molar-refractivity contribution in [1.82, 2.24) is 14.9 Å². The minimum atomic E-state index is -0.849. The van der Waals surface area contributed by atoms with Crippen LogP contribution in [0.3, 0.4) is 0 Å². The third-order valence-corrected chi connectivity index (χ3v) is 6.11. The summed E-state index contributed by atoms with van der Waals surface area (Å²) < 4.78 is 5.98. The van der Waals surface area contributed by atoms with Gasteiger partial charge >= 0.3 is 5.97 Å². The van der Waals surface area contributed by atoms with E-state index in [2.05, 4.69) is 14.9 Å². The van der Waals surface area contributed by atoms with E-state index in [1.165, 1.54) is 0 Å². The molecule has 0 unspecified atom stereocenters. The molecule has 1 aliphatic rings. The quantitative estimate of drug-likeness (QED) is 0.449. The van der Waals surface area contributed by atoms with Crippen LogP contribution in [0.5, 0.6) is 5.75 Å². The van der Waals surface area contributed by atoms with Gasteiger partial charge in [-0.25, -0.2) is 4.98 Å². The topological polar surface area (TPSA) is 81.7 Å². The number of ether oxygens (including phenoxy) is 1. The number of piperazine rings is 1. The molecule has 0 aliphatic carbocycles. The molecule has 1 saturated heterocycles. The number of carboxylic acids is 1. The van der Waals surface area contributed by atoms with Crippen molar-refractivity contribution in [3.05, 3.63) is 90.3 Å². The zero-order valence-electron chi connectivity index (χ0n) is 18.2. The van der Waals surface area contributed by atoms with Crippen molar-refractivity contribution in [3.8, 4) is 5.75 Å². The van der Waals surface area contributed by atoms with Crippen molar-refractivity contribution in [2.75, 3.05) is 31.1 Å². The number of carboxylic acid groups (broad SMARTS) is 1. The van der Waals surface area contributed by atoms with Crippen LogP contribution < -0.4 is 9.64 Å². The van der Waals surface area contributed by atoms with Gasteiger partial charge in [0.2, 0.25) is 0 Å². The summed E-state index contributed by atoms with van der Waals surface area (Å²) in [6.45, 7) is 3.21. The Hall–Kier alpha value is -3.84. The van der Waals surface area contributed by atoms with Crippen LogP contribution in [0.15, 0.2) is 79.1 Å². The SMILES string of the molecule is O=C(O)[C@H](c1c[nH]c2ccc(OCc3ccccc3)cc12)N1CCN(c2ccccn2)CC1. The van der Waals surface area contributed by atoms with Gasteiger partial charge in [-0.2, -0.15) is 0 Å². The Morgan fingerprint density at radius 3 is 2.55 bits per heavy atom. The number of aromatic nitrogens is 2. The van der Waals surface area contributed by atoms with Crippen molar-refractivity contribution in [2.45, 2.75) is 12.6 Å². The van der Waals surface area contributed by atoms with Crippen LogP contribution in [0.4, 0.5) is 5.82 Å². The predicted octanol–water partition coefficient (Wildman–Crippen LogP) is 4.09. The molecule has 168 valence electrons. The first-order chi connectivity index (χ1) is 16.2. The van der Waals surface area contributed by atoms with Crippen LogP contribution in [0.2, 0.25) is 0 Å². The molecule has 1 atom stereocenters. The number of nitrogens with zero attached hydrogens (tertiary/aromatic N) is 3. The lowest BCUT2D eigenvalue weighted by Gasteiger charge is -2.38. The Labute approximate surface area is 192 Å². The summed E-state index contributed by atoms with van der Waals surface area (Å²) in [6.07, 6.45) is 3.60. The number of rotatable bonds is 7. The molecular formula is C26H26N4O3. The molecule has 3 heterocycles. The second-order valence-electron chi connectivity index (χ2n) is 8.18. The van der Waals surface area contributed by atoms with Gasteiger partial charge in [0.1, 0.15) is 24.2 Å². The molecule has 33 heavy (non-hydrogen) atoms. The van der Waals surface area contributed by atoms with Gasteiger partial charge in [0, 0.05) is 55.0 Å². The van der Waals surface area contributed by atoms with Gasteiger partial charge in [-0.1, -0.05) is 36.4 Å². The van der Waals surface area contributed by atoms with Crippen LogP contribution in [-0.2, 0) is 11.4 Å². The average Bonchev–Trinajstić information content (AvgIpc) is 3.27. The summed E-state index contributed by atoms with van der Waals surface area (Å²) in [4.78, 5) is 24.3. The minimum absolute atomic E-state index is 0.462. The molecule has 0 bridgehead atoms. The molecule has 0 spiro atoms. The summed E-state index contributed by atoms with van der Waals surface area (Å²) >= 11 is 0. The van der Waals surface area contributed by atoms with Gasteiger partial charge in [0.25, 0.3) is 0 Å². The van der Waals surface area contributed by atoms with Gasteiger partial charge in [-0.3, -0.25) is 9.69 Å². The second kappa shape index (κ2) is 9.34. The van der Waals surface area contributed by atoms with Gasteiger partial charge in [-0.05, 0) is 35.9 Å². The van der Waals surface area contributed by atoms with Gasteiger partial charge in [0.15, 0.2) is 0 Å². The fourth-order valence-electron chi connectivity index (χ4n) is 4.41. The zero-order chi connectivity index (χ0) is 22.6. The number of benzene rings is 2. The van der Waals surface area contributed by atoms with Crippen LogP contribution in [-0.4, -0.2) is 52.1 Å². The summed E-state index contributed by atoms with van der Waals surface area (Å²) in [5, 5.41) is 11.0. The fraction of sp³-hybridized carbons (Fsp3) is 0.231. The molecule has 0 amide bonds. The first-order valence-corrected chi connectivity index (χ1v) is 11.1. The molecule has 1 aliphatic heterocycles. The monoisotopic (exact) mass is 442 g/mol. The van der Waals surface area contributed by atoms with Crippen molar-refractivity contribution < 1.29 is 14.6 Å². The number of fused-ring (bicyclic) bond motifs is 1. The van der Waals surface area contributed by atoms with Crippen LogP contribution in [0.1, 0.15) is 17.2 Å². The molecular weight excluding hydrogens is 416 g/mol. The van der Waals surface area contributed by atoms with Crippen LogP contribution in [0.25, 0.3) is 10.9 Å². The summed E-state index contributed by atoms with van der Waals surface area (Å²) in [6, 6.07) is 20.9. The van der Waals surface area contributed by atoms with Crippen molar-refractivity contribution in [3.63, 3.8) is 0 Å². The Morgan fingerprint density at radius 1 is 1.03 bits per heavy atom. The third-order valence-electron chi connectivity index (χ3n) is 6.11. The Morgan fingerprint density at radius 2 is 1.82 bits per heavy atom. The Balaban J connectivity index is 1.35. The largest absolute Gasteiger partial charge is 0.489 e. The maximum absolute atomic E-state index is 12.4. The number of hydrogen-bond donors (Lipinski definition) is 2. The van der Waals surface area contributed by atoms with Gasteiger partial charge in [-0.15, -0.1) is 0 Å². The lowest BCUT2D eigenvalue weighted by Crippen LogP contribution is -2.49. The average molecular weight is 443 g/mol. The molecule has 0 saturated carbocycles. The Kier molecular flexibility index (Phi) is 5.95. The molecule has 2 aromatic heterocycles. The van der Waals surface area contributed by atoms with E-state index in [-0.39, 0.29) is 0 Å². The van der Waals surface area contributed by atoms with Crippen LogP contribution >= 0.6 is 0 Å². The van der Waals surface area contributed by atoms with Crippen molar-refractivity contribution >= 4 is 22.7 Å². The molecule has 7 heteroatoms. The number of hydrogen-bond acceptors (Lipinski definition) is 5. The maximum atomic E-state index is 12.4. The van der Waals surface area contributed by atoms with E-state index >= 15 is 0 Å². The van der Waals surface area contributed by atoms with E-state index in [1.54, 1.807) is 6.20 Å². The molecule has 5 rings (SSSR count).